The van der Waals surface area contributed by atoms with Crippen molar-refractivity contribution in [1.29, 1.82) is 0 Å². The smallest absolute Gasteiger partial charge is 0.355 e. The van der Waals surface area contributed by atoms with Gasteiger partial charge < -0.3 is 4.74 Å². The van der Waals surface area contributed by atoms with Crippen LogP contribution in [0.1, 0.15) is 31.1 Å². The van der Waals surface area contributed by atoms with E-state index >= 15 is 0 Å². The highest BCUT2D eigenvalue weighted by Gasteiger charge is 2.37. The number of nitrogens with one attached hydrogen (secondary N) is 2. The number of hydrogen-bond acceptors (Lipinski definition) is 3. The quantitative estimate of drug-likeness (QED) is 0.589. The van der Waals surface area contributed by atoms with Gasteiger partial charge in [0.05, 0.1) is 26.3 Å². The summed E-state index contributed by atoms with van der Waals surface area (Å²) in [6.07, 6.45) is 7.49. The zero-order valence-corrected chi connectivity index (χ0v) is 14.0. The molecule has 24 heavy (non-hydrogen) atoms. The number of aryl methyl sites for hydroxylation is 1. The molecule has 0 spiro atoms. The van der Waals surface area contributed by atoms with Crippen molar-refractivity contribution in [2.24, 2.45) is 5.92 Å². The van der Waals surface area contributed by atoms with Crippen molar-refractivity contribution in [2.45, 2.75) is 32.4 Å². The van der Waals surface area contributed by atoms with Crippen molar-refractivity contribution in [3.63, 3.8) is 0 Å². The lowest BCUT2D eigenvalue weighted by Gasteiger charge is -2.33. The summed E-state index contributed by atoms with van der Waals surface area (Å²) in [5.74, 6) is 1.96. The molecule has 0 bridgehead atoms. The van der Waals surface area contributed by atoms with Gasteiger partial charge in [0.15, 0.2) is 6.17 Å². The Labute approximate surface area is 141 Å². The fourth-order valence-corrected chi connectivity index (χ4v) is 3.70. The van der Waals surface area contributed by atoms with Gasteiger partial charge in [0.25, 0.3) is 11.5 Å². The molecule has 2 unspecified atom stereocenters. The molecule has 2 aliphatic heterocycles. The molecule has 2 N–H and O–H groups in total. The van der Waals surface area contributed by atoms with Gasteiger partial charge in [0.2, 0.25) is 0 Å². The second-order valence-electron chi connectivity index (χ2n) is 6.64. The van der Waals surface area contributed by atoms with E-state index in [1.807, 2.05) is 6.92 Å². The van der Waals surface area contributed by atoms with Crippen molar-refractivity contribution in [1.82, 2.24) is 14.9 Å². The molecule has 0 radical (unpaired) electrons. The highest BCUT2D eigenvalue weighted by molar-refractivity contribution is 5.89. The molecule has 1 saturated heterocycles. The molecular formula is C17H24N5O2+. The maximum atomic E-state index is 12.6. The number of hydrogen-bond donors (Lipinski definition) is 2. The Bertz CT molecular complexity index is 744. The van der Waals surface area contributed by atoms with Crippen LogP contribution in [0.5, 0.6) is 0 Å². The normalized spacial score (nSPS) is 26.5. The van der Waals surface area contributed by atoms with Gasteiger partial charge in [-0.3, -0.25) is 14.7 Å². The molecule has 1 aromatic rings. The largest absolute Gasteiger partial charge is 0.375 e. The first-order valence-electron chi connectivity index (χ1n) is 8.71. The van der Waals surface area contributed by atoms with Crippen LogP contribution < -0.4 is 16.2 Å². The summed E-state index contributed by atoms with van der Waals surface area (Å²) in [6.45, 7) is 4.97. The van der Waals surface area contributed by atoms with Gasteiger partial charge in [-0.05, 0) is 26.2 Å². The van der Waals surface area contributed by atoms with Gasteiger partial charge in [0.1, 0.15) is 0 Å². The van der Waals surface area contributed by atoms with Gasteiger partial charge >= 0.3 is 5.96 Å². The molecular weight excluding hydrogens is 306 g/mol. The van der Waals surface area contributed by atoms with Crippen molar-refractivity contribution < 1.29 is 9.31 Å². The van der Waals surface area contributed by atoms with Gasteiger partial charge in [-0.1, -0.05) is 12.2 Å². The Hall–Kier alpha value is -2.15. The molecule has 4 rings (SSSR count). The zero-order valence-electron chi connectivity index (χ0n) is 14.0. The predicted molar refractivity (Wildman–Crippen MR) is 91.3 cm³/mol. The number of aromatic nitrogens is 2. The van der Waals surface area contributed by atoms with Crippen molar-refractivity contribution in [3.8, 4) is 0 Å². The van der Waals surface area contributed by atoms with E-state index in [9.17, 15) is 4.79 Å². The Morgan fingerprint density at radius 3 is 2.92 bits per heavy atom. The maximum Gasteiger partial charge on any atom is 0.355 e. The number of guanidine groups is 1. The summed E-state index contributed by atoms with van der Waals surface area (Å²) in [4.78, 5) is 17.2. The third-order valence-corrected chi connectivity index (χ3v) is 4.96. The van der Waals surface area contributed by atoms with Gasteiger partial charge in [-0.2, -0.15) is 0 Å². The SMILES string of the molecule is Cc1cc(=O)n2c(n1)NC(=[N+]1CCOCC1)NC2C1CC=CCC1. The lowest BCUT2D eigenvalue weighted by Crippen LogP contribution is -2.54. The summed E-state index contributed by atoms with van der Waals surface area (Å²) in [6, 6.07) is 1.61. The Morgan fingerprint density at radius 1 is 1.33 bits per heavy atom. The van der Waals surface area contributed by atoms with E-state index in [2.05, 4.69) is 32.3 Å². The average molecular weight is 330 g/mol. The molecule has 0 amide bonds. The second kappa shape index (κ2) is 6.39. The van der Waals surface area contributed by atoms with E-state index in [-0.39, 0.29) is 11.7 Å². The summed E-state index contributed by atoms with van der Waals surface area (Å²) < 4.78 is 9.47. The fraction of sp³-hybridized carbons (Fsp3) is 0.588. The molecule has 1 aliphatic carbocycles. The third-order valence-electron chi connectivity index (χ3n) is 4.96. The van der Waals surface area contributed by atoms with E-state index in [0.717, 1.165) is 57.2 Å². The molecule has 7 heteroatoms. The molecule has 1 fully saturated rings. The van der Waals surface area contributed by atoms with Crippen molar-refractivity contribution in [3.05, 3.63) is 34.3 Å². The first-order valence-corrected chi connectivity index (χ1v) is 8.71. The number of anilines is 1. The first kappa shape index (κ1) is 15.4. The van der Waals surface area contributed by atoms with Crippen LogP contribution in [0.2, 0.25) is 0 Å². The standard InChI is InChI=1S/C17H23N5O2/c1-12-11-14(23)22-15(13-5-3-2-4-6-13)19-16(20-17(22)18-12)21-7-9-24-10-8-21/h2-3,11,13,15H,4-10H2,1H3,(H,18,19,20,23)/p+1. The molecule has 7 nitrogen and oxygen atoms in total. The fourth-order valence-electron chi connectivity index (χ4n) is 3.70. The maximum absolute atomic E-state index is 12.6. The Morgan fingerprint density at radius 2 is 2.17 bits per heavy atom. The minimum Gasteiger partial charge on any atom is -0.375 e. The van der Waals surface area contributed by atoms with Crippen LogP contribution in [0.3, 0.4) is 0 Å². The molecule has 128 valence electrons. The second-order valence-corrected chi connectivity index (χ2v) is 6.64. The molecule has 2 atom stereocenters. The van der Waals surface area contributed by atoms with Gasteiger partial charge in [-0.25, -0.2) is 14.9 Å². The lowest BCUT2D eigenvalue weighted by molar-refractivity contribution is -0.551. The van der Waals surface area contributed by atoms with Crippen molar-refractivity contribution >= 4 is 11.9 Å². The van der Waals surface area contributed by atoms with E-state index in [1.54, 1.807) is 10.6 Å². The third kappa shape index (κ3) is 2.84. The van der Waals surface area contributed by atoms with E-state index < -0.39 is 0 Å². The summed E-state index contributed by atoms with van der Waals surface area (Å²) in [7, 11) is 0. The van der Waals surface area contributed by atoms with Crippen LogP contribution in [-0.4, -0.2) is 46.4 Å². The highest BCUT2D eigenvalue weighted by Crippen LogP contribution is 2.30. The van der Waals surface area contributed by atoms with Crippen LogP contribution in [0.15, 0.2) is 23.0 Å². The molecule has 0 aromatic carbocycles. The number of fused-ring (bicyclic) bond motifs is 1. The Kier molecular flexibility index (Phi) is 4.10. The lowest BCUT2D eigenvalue weighted by atomic mass is 9.91. The average Bonchev–Trinajstić information content (AvgIpc) is 2.62. The topological polar surface area (TPSA) is 71.2 Å². The zero-order chi connectivity index (χ0) is 16.5. The predicted octanol–water partition coefficient (Wildman–Crippen LogP) is 0.820. The van der Waals surface area contributed by atoms with Crippen LogP contribution >= 0.6 is 0 Å². The number of morpholine rings is 1. The van der Waals surface area contributed by atoms with Gasteiger partial charge in [0, 0.05) is 17.7 Å². The monoisotopic (exact) mass is 330 g/mol. The number of rotatable bonds is 1. The summed E-state index contributed by atoms with van der Waals surface area (Å²) >= 11 is 0. The molecule has 0 saturated carbocycles. The van der Waals surface area contributed by atoms with Crippen LogP contribution in [0, 0.1) is 12.8 Å². The Balaban J connectivity index is 1.77. The number of allylic oxidation sites excluding steroid dienone is 2. The van der Waals surface area contributed by atoms with Gasteiger partial charge in [-0.15, -0.1) is 0 Å². The number of nitrogens with zero attached hydrogens (tertiary/aromatic N) is 3. The van der Waals surface area contributed by atoms with E-state index in [0.29, 0.717) is 11.9 Å². The van der Waals surface area contributed by atoms with Crippen LogP contribution in [0.25, 0.3) is 0 Å². The van der Waals surface area contributed by atoms with Crippen molar-refractivity contribution in [2.75, 3.05) is 31.6 Å². The minimum absolute atomic E-state index is 0.00178. The van der Waals surface area contributed by atoms with Crippen LogP contribution in [0.4, 0.5) is 5.95 Å². The minimum atomic E-state index is -0.0651. The van der Waals surface area contributed by atoms with E-state index in [4.69, 9.17) is 4.74 Å². The number of ether oxygens (including phenoxy) is 1. The summed E-state index contributed by atoms with van der Waals surface area (Å²) in [5.41, 5.74) is 0.738. The summed E-state index contributed by atoms with van der Waals surface area (Å²) in [5, 5.41) is 6.90. The van der Waals surface area contributed by atoms with Crippen LogP contribution in [-0.2, 0) is 4.74 Å². The molecule has 1 aromatic heterocycles. The van der Waals surface area contributed by atoms with E-state index in [1.165, 1.54) is 0 Å². The highest BCUT2D eigenvalue weighted by atomic mass is 16.5. The molecule has 3 heterocycles. The molecule has 3 aliphatic rings. The first-order chi connectivity index (χ1) is 11.7.